The van der Waals surface area contributed by atoms with Crippen molar-refractivity contribution >= 4 is 32.9 Å². The third-order valence-corrected chi connectivity index (χ3v) is 10.4. The van der Waals surface area contributed by atoms with Gasteiger partial charge in [0.05, 0.1) is 18.1 Å². The molecule has 1 aromatic heterocycles. The molecule has 3 aromatic carbocycles. The molecule has 1 fully saturated rings. The highest BCUT2D eigenvalue weighted by Gasteiger charge is 2.28. The quantitative estimate of drug-likeness (QED) is 0.0985. The minimum Gasteiger partial charge on any atom is -0.379 e. The summed E-state index contributed by atoms with van der Waals surface area (Å²) in [5, 5.41) is 10.0. The second kappa shape index (κ2) is 14.7. The van der Waals surface area contributed by atoms with E-state index in [1.807, 2.05) is 24.3 Å². The van der Waals surface area contributed by atoms with Crippen LogP contribution in [0.5, 0.6) is 0 Å². The van der Waals surface area contributed by atoms with Gasteiger partial charge in [0.2, 0.25) is 10.0 Å². The summed E-state index contributed by atoms with van der Waals surface area (Å²) in [6, 6.07) is 22.0. The van der Waals surface area contributed by atoms with Gasteiger partial charge < -0.3 is 9.72 Å². The summed E-state index contributed by atoms with van der Waals surface area (Å²) in [5.41, 5.74) is 8.31. The van der Waals surface area contributed by atoms with Crippen molar-refractivity contribution in [1.29, 1.82) is 0 Å². The molecule has 2 aliphatic rings. The third-order valence-electron chi connectivity index (χ3n) is 8.95. The van der Waals surface area contributed by atoms with Gasteiger partial charge in [-0.05, 0) is 71.4 Å². The van der Waals surface area contributed by atoms with E-state index >= 15 is 0 Å². The van der Waals surface area contributed by atoms with Crippen LogP contribution in [0.2, 0.25) is 0 Å². The second-order valence-electron chi connectivity index (χ2n) is 11.9. The molecule has 1 saturated heterocycles. The molecular weight excluding hydrogens is 602 g/mol. The Hall–Kier alpha value is -3.84. The number of sulfonamides is 1. The summed E-state index contributed by atoms with van der Waals surface area (Å²) in [6.07, 6.45) is 7.76. The van der Waals surface area contributed by atoms with E-state index in [-0.39, 0.29) is 10.9 Å². The number of ether oxygens (including phenoxy) is 1. The molecule has 2 heterocycles. The summed E-state index contributed by atoms with van der Waals surface area (Å²) < 4.78 is 34.7. The van der Waals surface area contributed by atoms with Gasteiger partial charge in [0, 0.05) is 68.5 Å². The number of benzene rings is 3. The highest BCUT2D eigenvalue weighted by molar-refractivity contribution is 7.89. The molecule has 1 amide bonds. The largest absolute Gasteiger partial charge is 0.379 e. The number of H-pyrrole nitrogens is 1. The van der Waals surface area contributed by atoms with Gasteiger partial charge in [-0.1, -0.05) is 48.5 Å². The fourth-order valence-electron chi connectivity index (χ4n) is 6.55. The topological polar surface area (TPSA) is 127 Å². The average Bonchev–Trinajstić information content (AvgIpc) is 3.70. The first-order valence-electron chi connectivity index (χ1n) is 15.8. The van der Waals surface area contributed by atoms with Gasteiger partial charge in [-0.15, -0.1) is 0 Å². The molecule has 4 N–H and O–H groups in total. The van der Waals surface area contributed by atoms with Crippen LogP contribution in [-0.4, -0.2) is 80.3 Å². The van der Waals surface area contributed by atoms with Crippen molar-refractivity contribution in [2.24, 2.45) is 0 Å². The molecule has 46 heavy (non-hydrogen) atoms. The first-order chi connectivity index (χ1) is 22.4. The van der Waals surface area contributed by atoms with Crippen LogP contribution in [0.25, 0.3) is 17.0 Å². The van der Waals surface area contributed by atoms with Crippen LogP contribution in [0.15, 0.2) is 83.9 Å². The zero-order valence-corrected chi connectivity index (χ0v) is 26.6. The Labute approximate surface area is 270 Å². The Balaban J connectivity index is 1.21. The molecule has 0 spiro atoms. The zero-order chi connectivity index (χ0) is 31.9. The molecule has 0 bridgehead atoms. The molecule has 0 saturated carbocycles. The van der Waals surface area contributed by atoms with Crippen molar-refractivity contribution in [3.8, 4) is 0 Å². The van der Waals surface area contributed by atoms with E-state index in [4.69, 9.17) is 9.94 Å². The maximum atomic E-state index is 13.3. The Bertz CT molecular complexity index is 1800. The van der Waals surface area contributed by atoms with Gasteiger partial charge in [0.25, 0.3) is 5.91 Å². The smallest absolute Gasteiger partial charge is 0.267 e. The van der Waals surface area contributed by atoms with E-state index in [1.165, 1.54) is 28.2 Å². The normalized spacial score (nSPS) is 17.2. The number of para-hydroxylation sites is 1. The summed E-state index contributed by atoms with van der Waals surface area (Å²) >= 11 is 0. The van der Waals surface area contributed by atoms with Gasteiger partial charge in [0.1, 0.15) is 0 Å². The summed E-state index contributed by atoms with van der Waals surface area (Å²) in [7, 11) is -3.66. The van der Waals surface area contributed by atoms with Crippen LogP contribution in [0.1, 0.15) is 40.3 Å². The highest BCUT2D eigenvalue weighted by atomic mass is 32.2. The van der Waals surface area contributed by atoms with Gasteiger partial charge in [-0.2, -0.15) is 0 Å². The number of fused-ring (bicyclic) bond motifs is 2. The Morgan fingerprint density at radius 3 is 2.78 bits per heavy atom. The standard InChI is InChI=1S/C35H41N5O5S/c41-35(38-42)13-9-26-8-11-32-28(22-26)10-12-34(32)40(16-14-29-24-36-33-7-2-1-6-31(29)33)25-27-4-3-5-30(23-27)46(43,44)37-15-17-39-18-20-45-21-19-39/h1-9,11,13,22-24,34,36-37,42H,10,12,14-21,25H2,(H,38,41)/b13-9+. The molecule has 1 aliphatic carbocycles. The summed E-state index contributed by atoms with van der Waals surface area (Å²) in [4.78, 5) is 19.8. The number of aromatic amines is 1. The molecule has 10 nitrogen and oxygen atoms in total. The minimum absolute atomic E-state index is 0.158. The molecule has 11 heteroatoms. The molecule has 4 aromatic rings. The van der Waals surface area contributed by atoms with E-state index in [2.05, 4.69) is 56.0 Å². The number of hydrogen-bond acceptors (Lipinski definition) is 7. The van der Waals surface area contributed by atoms with Crippen LogP contribution in [0, 0.1) is 0 Å². The van der Waals surface area contributed by atoms with E-state index < -0.39 is 15.9 Å². The van der Waals surface area contributed by atoms with Gasteiger partial charge in [0.15, 0.2) is 0 Å². The molecule has 1 unspecified atom stereocenters. The lowest BCUT2D eigenvalue weighted by molar-refractivity contribution is -0.124. The molecule has 1 atom stereocenters. The van der Waals surface area contributed by atoms with Gasteiger partial charge in [-0.25, -0.2) is 18.6 Å². The van der Waals surface area contributed by atoms with Crippen molar-refractivity contribution in [2.75, 3.05) is 45.9 Å². The number of hydroxylamine groups is 1. The zero-order valence-electron chi connectivity index (χ0n) is 25.8. The van der Waals surface area contributed by atoms with E-state index in [0.717, 1.165) is 55.5 Å². The van der Waals surface area contributed by atoms with Gasteiger partial charge in [-0.3, -0.25) is 19.8 Å². The maximum Gasteiger partial charge on any atom is 0.267 e. The number of nitrogens with one attached hydrogen (secondary N) is 3. The third kappa shape index (κ3) is 7.75. The van der Waals surface area contributed by atoms with E-state index in [9.17, 15) is 13.2 Å². The van der Waals surface area contributed by atoms with Crippen molar-refractivity contribution in [3.63, 3.8) is 0 Å². The Morgan fingerprint density at radius 2 is 1.93 bits per heavy atom. The predicted molar refractivity (Wildman–Crippen MR) is 178 cm³/mol. The van der Waals surface area contributed by atoms with Gasteiger partial charge >= 0.3 is 0 Å². The molecule has 6 rings (SSSR count). The number of aromatic nitrogens is 1. The first-order valence-corrected chi connectivity index (χ1v) is 17.3. The van der Waals surface area contributed by atoms with E-state index in [1.54, 1.807) is 23.7 Å². The number of carbonyl (C=O) groups excluding carboxylic acids is 1. The summed E-state index contributed by atoms with van der Waals surface area (Å²) in [5.74, 6) is -0.571. The minimum atomic E-state index is -3.66. The maximum absolute atomic E-state index is 13.3. The van der Waals surface area contributed by atoms with Crippen LogP contribution < -0.4 is 10.2 Å². The second-order valence-corrected chi connectivity index (χ2v) is 13.7. The number of aryl methyl sites for hydroxylation is 1. The number of carbonyl (C=O) groups is 1. The molecule has 0 radical (unpaired) electrons. The predicted octanol–water partition coefficient (Wildman–Crippen LogP) is 4.03. The highest BCUT2D eigenvalue weighted by Crippen LogP contribution is 2.38. The SMILES string of the molecule is O=C(/C=C/c1ccc2c(c1)CCC2N(CCc1c[nH]c2ccccc12)Cc1cccc(S(=O)(=O)NCCN2CCOCC2)c1)NO. The van der Waals surface area contributed by atoms with E-state index in [0.29, 0.717) is 32.8 Å². The number of amides is 1. The van der Waals surface area contributed by atoms with Crippen LogP contribution >= 0.6 is 0 Å². The first kappa shape index (κ1) is 32.1. The van der Waals surface area contributed by atoms with Crippen molar-refractivity contribution in [1.82, 2.24) is 25.0 Å². The molecule has 1 aliphatic heterocycles. The molecule has 242 valence electrons. The van der Waals surface area contributed by atoms with Crippen LogP contribution in [0.4, 0.5) is 0 Å². The number of rotatable bonds is 13. The van der Waals surface area contributed by atoms with Crippen LogP contribution in [-0.2, 0) is 38.9 Å². The lowest BCUT2D eigenvalue weighted by atomic mass is 10.0. The van der Waals surface area contributed by atoms with Crippen molar-refractivity contribution < 1.29 is 23.2 Å². The Kier molecular flexibility index (Phi) is 10.3. The lowest BCUT2D eigenvalue weighted by Gasteiger charge is -2.30. The van der Waals surface area contributed by atoms with Crippen molar-refractivity contribution in [2.45, 2.75) is 36.7 Å². The number of hydrogen-bond donors (Lipinski definition) is 4. The number of nitrogens with zero attached hydrogens (tertiary/aromatic N) is 2. The fraction of sp³-hybridized carbons (Fsp3) is 0.343. The summed E-state index contributed by atoms with van der Waals surface area (Å²) in [6.45, 7) is 5.38. The number of morpholine rings is 1. The molecular formula is C35H41N5O5S. The lowest BCUT2D eigenvalue weighted by Crippen LogP contribution is -2.41. The average molecular weight is 644 g/mol. The van der Waals surface area contributed by atoms with Crippen molar-refractivity contribution in [3.05, 3.63) is 107 Å². The Morgan fingerprint density at radius 1 is 1.09 bits per heavy atom. The fourth-order valence-corrected chi connectivity index (χ4v) is 7.64. The van der Waals surface area contributed by atoms with Crippen LogP contribution in [0.3, 0.4) is 0 Å². The monoisotopic (exact) mass is 643 g/mol.